The minimum absolute atomic E-state index is 0.369. The third-order valence-corrected chi connectivity index (χ3v) is 7.15. The van der Waals surface area contributed by atoms with Crippen LogP contribution in [0.15, 0.2) is 48.7 Å². The van der Waals surface area contributed by atoms with E-state index in [1.165, 1.54) is 5.56 Å². The van der Waals surface area contributed by atoms with E-state index in [-0.39, 0.29) is 0 Å². The van der Waals surface area contributed by atoms with Crippen molar-refractivity contribution in [2.45, 2.75) is 18.8 Å². The molecule has 0 saturated carbocycles. The topological polar surface area (TPSA) is 97.4 Å². The molecule has 180 valence electrons. The van der Waals surface area contributed by atoms with Crippen LogP contribution in [0.3, 0.4) is 0 Å². The van der Waals surface area contributed by atoms with Gasteiger partial charge < -0.3 is 25.2 Å². The molecule has 0 amide bonds. The highest BCUT2D eigenvalue weighted by molar-refractivity contribution is 7.92. The lowest BCUT2D eigenvalue weighted by atomic mass is 9.90. The summed E-state index contributed by atoms with van der Waals surface area (Å²) in [6.45, 7) is 2.07. The summed E-state index contributed by atoms with van der Waals surface area (Å²) < 4.78 is 19.3. The minimum atomic E-state index is -1.18. The maximum absolute atomic E-state index is 12.0. The van der Waals surface area contributed by atoms with Crippen LogP contribution in [0, 0.1) is 0 Å². The fraction of sp³-hybridized carbons (Fsp3) is 0.333. The summed E-state index contributed by atoms with van der Waals surface area (Å²) in [5.74, 6) is 2.08. The van der Waals surface area contributed by atoms with Gasteiger partial charge in [-0.25, -0.2) is 4.98 Å². The van der Waals surface area contributed by atoms with Crippen LogP contribution in [0.2, 0.25) is 5.02 Å². The first-order valence-corrected chi connectivity index (χ1v) is 13.0. The first-order valence-electron chi connectivity index (χ1n) is 11.1. The van der Waals surface area contributed by atoms with Gasteiger partial charge in [0.25, 0.3) is 0 Å². The van der Waals surface area contributed by atoms with E-state index in [1.807, 2.05) is 30.3 Å². The molecule has 1 fully saturated rings. The lowest BCUT2D eigenvalue weighted by molar-refractivity contribution is 0.413. The molecule has 1 saturated heterocycles. The Morgan fingerprint density at radius 3 is 2.65 bits per heavy atom. The van der Waals surface area contributed by atoms with Crippen molar-refractivity contribution in [2.24, 2.45) is 0 Å². The summed E-state index contributed by atoms with van der Waals surface area (Å²) in [5, 5.41) is 10.3. The molecule has 1 aliphatic rings. The highest BCUT2D eigenvalue weighted by atomic mass is 35.5. The third-order valence-electron chi connectivity index (χ3n) is 5.91. The lowest BCUT2D eigenvalue weighted by Gasteiger charge is -2.24. The minimum Gasteiger partial charge on any atom is -0.593 e. The van der Waals surface area contributed by atoms with Crippen molar-refractivity contribution < 1.29 is 9.29 Å². The number of hydrogen-bond acceptors (Lipinski definition) is 8. The van der Waals surface area contributed by atoms with Crippen LogP contribution in [0.5, 0.6) is 5.75 Å². The van der Waals surface area contributed by atoms with Crippen LogP contribution in [0.1, 0.15) is 24.3 Å². The molecule has 0 bridgehead atoms. The van der Waals surface area contributed by atoms with Gasteiger partial charge in [0.15, 0.2) is 5.82 Å². The summed E-state index contributed by atoms with van der Waals surface area (Å²) in [6.07, 6.45) is 5.40. The number of halogens is 1. The average Bonchev–Trinajstić information content (AvgIpc) is 2.86. The van der Waals surface area contributed by atoms with Crippen LogP contribution in [-0.4, -0.2) is 48.0 Å². The Balaban J connectivity index is 1.56. The maximum Gasteiger partial charge on any atom is 0.229 e. The van der Waals surface area contributed by atoms with Gasteiger partial charge in [-0.1, -0.05) is 29.8 Å². The Hall–Kier alpha value is -2.72. The standard InChI is InChI=1S/C24H29ClN6O2S/c1-31(34(3)32)21-7-5-4-6-19(21)28-23-18(25)15-27-24(30-23)29-20-9-8-17(14-22(20)33-2)16-10-12-26-13-11-16/h4-9,14-16,26H,10-13H2,1-3H3,(H2,27,28,29,30). The van der Waals surface area contributed by atoms with Crippen molar-refractivity contribution in [3.05, 3.63) is 59.2 Å². The van der Waals surface area contributed by atoms with Gasteiger partial charge in [0.1, 0.15) is 22.7 Å². The average molecular weight is 501 g/mol. The quantitative estimate of drug-likeness (QED) is 0.379. The van der Waals surface area contributed by atoms with E-state index < -0.39 is 11.4 Å². The van der Waals surface area contributed by atoms with E-state index in [0.29, 0.717) is 22.7 Å². The molecule has 3 aromatic rings. The third kappa shape index (κ3) is 5.67. The van der Waals surface area contributed by atoms with Crippen molar-refractivity contribution in [1.29, 1.82) is 0 Å². The fourth-order valence-electron chi connectivity index (χ4n) is 3.98. The lowest BCUT2D eigenvalue weighted by Crippen LogP contribution is -2.26. The number of aromatic nitrogens is 2. The summed E-state index contributed by atoms with van der Waals surface area (Å²) in [7, 11) is 3.43. The van der Waals surface area contributed by atoms with E-state index >= 15 is 0 Å². The SMILES string of the molecule is COc1cc(C2CCNCC2)ccc1Nc1ncc(Cl)c(Nc2ccccc2N(C)[S+](C)[O-])n1. The second kappa shape index (κ2) is 11.1. The molecule has 10 heteroatoms. The van der Waals surface area contributed by atoms with Crippen molar-refractivity contribution >= 4 is 51.8 Å². The molecule has 0 spiro atoms. The Bertz CT molecular complexity index is 1130. The van der Waals surface area contributed by atoms with Crippen LogP contribution in [0.4, 0.5) is 28.8 Å². The van der Waals surface area contributed by atoms with Gasteiger partial charge in [-0.15, -0.1) is 0 Å². The number of rotatable bonds is 8. The van der Waals surface area contributed by atoms with E-state index in [1.54, 1.807) is 30.9 Å². The number of methoxy groups -OCH3 is 1. The zero-order valence-electron chi connectivity index (χ0n) is 19.5. The molecule has 1 aromatic heterocycles. The summed E-state index contributed by atoms with van der Waals surface area (Å²) >= 11 is 5.21. The molecule has 0 aliphatic carbocycles. The number of piperidine rings is 1. The van der Waals surface area contributed by atoms with Gasteiger partial charge in [-0.3, -0.25) is 0 Å². The number of anilines is 5. The second-order valence-corrected chi connectivity index (χ2v) is 9.87. The molecular formula is C24H29ClN6O2S. The Morgan fingerprint density at radius 2 is 1.91 bits per heavy atom. The van der Waals surface area contributed by atoms with Crippen LogP contribution >= 0.6 is 11.6 Å². The van der Waals surface area contributed by atoms with Crippen molar-refractivity contribution in [3.63, 3.8) is 0 Å². The van der Waals surface area contributed by atoms with E-state index in [4.69, 9.17) is 16.3 Å². The monoisotopic (exact) mass is 500 g/mol. The maximum atomic E-state index is 12.0. The molecule has 34 heavy (non-hydrogen) atoms. The summed E-state index contributed by atoms with van der Waals surface area (Å²) in [5.41, 5.74) is 3.55. The Labute approximate surface area is 208 Å². The Kier molecular flexibility index (Phi) is 7.99. The molecule has 0 radical (unpaired) electrons. The highest BCUT2D eigenvalue weighted by Crippen LogP contribution is 2.35. The number of nitrogens with one attached hydrogen (secondary N) is 3. The van der Waals surface area contributed by atoms with E-state index in [2.05, 4.69) is 38.1 Å². The van der Waals surface area contributed by atoms with Gasteiger partial charge in [0.05, 0.1) is 43.1 Å². The molecule has 1 atom stereocenters. The van der Waals surface area contributed by atoms with Crippen molar-refractivity contribution in [2.75, 3.05) is 48.4 Å². The van der Waals surface area contributed by atoms with E-state index in [9.17, 15) is 4.55 Å². The number of para-hydroxylation sites is 2. The molecule has 1 unspecified atom stereocenters. The molecule has 2 aromatic carbocycles. The predicted molar refractivity (Wildman–Crippen MR) is 140 cm³/mol. The van der Waals surface area contributed by atoms with Gasteiger partial charge >= 0.3 is 0 Å². The summed E-state index contributed by atoms with van der Waals surface area (Å²) in [4.78, 5) is 8.90. The first kappa shape index (κ1) is 24.4. The molecule has 4 rings (SSSR count). The highest BCUT2D eigenvalue weighted by Gasteiger charge is 2.18. The van der Waals surface area contributed by atoms with Gasteiger partial charge in [0, 0.05) is 0 Å². The molecule has 2 heterocycles. The zero-order valence-corrected chi connectivity index (χ0v) is 21.0. The number of hydrogen-bond donors (Lipinski definition) is 3. The normalized spacial score (nSPS) is 15.0. The van der Waals surface area contributed by atoms with Gasteiger partial charge in [-0.05, 0) is 61.7 Å². The second-order valence-electron chi connectivity index (χ2n) is 8.06. The molecule has 3 N–H and O–H groups in total. The smallest absolute Gasteiger partial charge is 0.229 e. The van der Waals surface area contributed by atoms with Crippen LogP contribution in [0.25, 0.3) is 0 Å². The largest absolute Gasteiger partial charge is 0.593 e. The molecular weight excluding hydrogens is 472 g/mol. The molecule has 8 nitrogen and oxygen atoms in total. The fourth-order valence-corrected chi connectivity index (χ4v) is 4.55. The van der Waals surface area contributed by atoms with Crippen molar-refractivity contribution in [1.82, 2.24) is 15.3 Å². The zero-order chi connectivity index (χ0) is 24.1. The van der Waals surface area contributed by atoms with Gasteiger partial charge in [-0.2, -0.15) is 9.29 Å². The number of nitrogens with zero attached hydrogens (tertiary/aromatic N) is 3. The first-order chi connectivity index (χ1) is 16.5. The van der Waals surface area contributed by atoms with Crippen LogP contribution in [-0.2, 0) is 11.4 Å². The predicted octanol–water partition coefficient (Wildman–Crippen LogP) is 4.82. The number of benzene rings is 2. The number of ether oxygens (including phenoxy) is 1. The summed E-state index contributed by atoms with van der Waals surface area (Å²) in [6, 6.07) is 13.8. The van der Waals surface area contributed by atoms with Crippen molar-refractivity contribution in [3.8, 4) is 5.75 Å². The van der Waals surface area contributed by atoms with Crippen LogP contribution < -0.4 is 25.0 Å². The van der Waals surface area contributed by atoms with Gasteiger partial charge in [0.2, 0.25) is 5.95 Å². The Morgan fingerprint density at radius 1 is 1.15 bits per heavy atom. The van der Waals surface area contributed by atoms with E-state index in [0.717, 1.165) is 48.7 Å². The molecule has 1 aliphatic heterocycles.